The Kier molecular flexibility index (Phi) is 5.61. The van der Waals surface area contributed by atoms with Crippen LogP contribution in [0.25, 0.3) is 0 Å². The Labute approximate surface area is 154 Å². The van der Waals surface area contributed by atoms with E-state index in [0.717, 1.165) is 12.2 Å². The normalized spacial score (nSPS) is 14.4. The molecule has 0 spiro atoms. The summed E-state index contributed by atoms with van der Waals surface area (Å²) in [5, 5.41) is 0. The van der Waals surface area contributed by atoms with Crippen LogP contribution in [0.4, 0.5) is 0 Å². The predicted molar refractivity (Wildman–Crippen MR) is 99.4 cm³/mol. The average molecular weight is 355 g/mol. The monoisotopic (exact) mass is 355 g/mol. The van der Waals surface area contributed by atoms with Crippen molar-refractivity contribution in [2.24, 2.45) is 7.05 Å². The van der Waals surface area contributed by atoms with E-state index in [1.165, 1.54) is 0 Å². The molecule has 2 aromatic rings. The quantitative estimate of drug-likeness (QED) is 0.828. The number of benzene rings is 1. The fourth-order valence-electron chi connectivity index (χ4n) is 3.02. The van der Waals surface area contributed by atoms with Crippen LogP contribution in [0.15, 0.2) is 42.7 Å². The Hall–Kier alpha value is -2.76. The van der Waals surface area contributed by atoms with Gasteiger partial charge in [0.05, 0.1) is 12.2 Å². The molecule has 0 N–H and O–H groups in total. The van der Waals surface area contributed by atoms with Gasteiger partial charge in [0.2, 0.25) is 0 Å². The Balaban J connectivity index is 1.55. The molecule has 138 valence electrons. The molecule has 6 nitrogen and oxygen atoms in total. The molecule has 3 rings (SSSR count). The van der Waals surface area contributed by atoms with Gasteiger partial charge in [-0.05, 0) is 36.8 Å². The fraction of sp³-hybridized carbons (Fsp3) is 0.400. The number of carbonyl (C=O) groups excluding carboxylic acids is 2. The highest BCUT2D eigenvalue weighted by atomic mass is 16.5. The number of hydrogen-bond acceptors (Lipinski definition) is 3. The lowest BCUT2D eigenvalue weighted by Crippen LogP contribution is -2.50. The molecule has 0 saturated carbocycles. The minimum absolute atomic E-state index is 0.00106. The third kappa shape index (κ3) is 4.07. The van der Waals surface area contributed by atoms with Crippen molar-refractivity contribution in [2.45, 2.75) is 13.3 Å². The number of ether oxygens (including phenoxy) is 1. The van der Waals surface area contributed by atoms with Crippen LogP contribution < -0.4 is 4.74 Å². The smallest absolute Gasteiger partial charge is 0.255 e. The standard InChI is InChI=1S/C20H25N3O3/c1-3-14-26-18-6-4-16(5-7-18)19(24)22-10-12-23(13-11-22)20(25)17-8-9-21(2)15-17/h4-9,15H,3,10-14H2,1-2H3. The molecular formula is C20H25N3O3. The summed E-state index contributed by atoms with van der Waals surface area (Å²) in [6.07, 6.45) is 4.63. The molecule has 2 heterocycles. The van der Waals surface area contributed by atoms with Crippen molar-refractivity contribution in [3.8, 4) is 5.75 Å². The molecule has 26 heavy (non-hydrogen) atoms. The van der Waals surface area contributed by atoms with E-state index in [0.29, 0.717) is 43.9 Å². The average Bonchev–Trinajstić information content (AvgIpc) is 3.12. The molecule has 1 aliphatic heterocycles. The largest absolute Gasteiger partial charge is 0.494 e. The third-order valence-corrected chi connectivity index (χ3v) is 4.51. The van der Waals surface area contributed by atoms with Gasteiger partial charge in [-0.2, -0.15) is 0 Å². The summed E-state index contributed by atoms with van der Waals surface area (Å²) < 4.78 is 7.41. The van der Waals surface area contributed by atoms with Gasteiger partial charge in [0.25, 0.3) is 11.8 Å². The maximum Gasteiger partial charge on any atom is 0.255 e. The minimum atomic E-state index is -0.00106. The molecule has 1 aromatic heterocycles. The van der Waals surface area contributed by atoms with Crippen molar-refractivity contribution in [1.82, 2.24) is 14.4 Å². The van der Waals surface area contributed by atoms with Gasteiger partial charge in [-0.1, -0.05) is 6.92 Å². The van der Waals surface area contributed by atoms with E-state index < -0.39 is 0 Å². The van der Waals surface area contributed by atoms with Gasteiger partial charge in [-0.3, -0.25) is 9.59 Å². The lowest BCUT2D eigenvalue weighted by molar-refractivity contribution is 0.0535. The first-order valence-electron chi connectivity index (χ1n) is 9.02. The van der Waals surface area contributed by atoms with Crippen LogP contribution in [0.3, 0.4) is 0 Å². The Morgan fingerprint density at radius 3 is 2.00 bits per heavy atom. The first-order chi connectivity index (χ1) is 12.6. The summed E-state index contributed by atoms with van der Waals surface area (Å²) in [6.45, 7) is 4.93. The first kappa shape index (κ1) is 18.0. The van der Waals surface area contributed by atoms with Gasteiger partial charge >= 0.3 is 0 Å². The van der Waals surface area contributed by atoms with Crippen LogP contribution in [-0.2, 0) is 7.05 Å². The molecule has 0 aliphatic carbocycles. The van der Waals surface area contributed by atoms with Crippen molar-refractivity contribution in [3.05, 3.63) is 53.9 Å². The summed E-state index contributed by atoms with van der Waals surface area (Å²) in [4.78, 5) is 28.7. The minimum Gasteiger partial charge on any atom is -0.494 e. The molecule has 0 unspecified atom stereocenters. The number of aryl methyl sites for hydroxylation is 1. The SMILES string of the molecule is CCCOc1ccc(C(=O)N2CCN(C(=O)c3ccn(C)c3)CC2)cc1. The van der Waals surface area contributed by atoms with Gasteiger partial charge in [-0.25, -0.2) is 0 Å². The molecule has 1 saturated heterocycles. The fourth-order valence-corrected chi connectivity index (χ4v) is 3.02. The summed E-state index contributed by atoms with van der Waals surface area (Å²) in [6, 6.07) is 9.09. The topological polar surface area (TPSA) is 54.8 Å². The van der Waals surface area contributed by atoms with Gasteiger partial charge in [0.15, 0.2) is 0 Å². The number of nitrogens with zero attached hydrogens (tertiary/aromatic N) is 3. The number of aromatic nitrogens is 1. The molecule has 0 radical (unpaired) electrons. The molecule has 1 aromatic carbocycles. The molecular weight excluding hydrogens is 330 g/mol. The summed E-state index contributed by atoms with van der Waals surface area (Å²) >= 11 is 0. The van der Waals surface area contributed by atoms with Crippen LogP contribution in [0.2, 0.25) is 0 Å². The van der Waals surface area contributed by atoms with E-state index >= 15 is 0 Å². The first-order valence-corrected chi connectivity index (χ1v) is 9.02. The maximum absolute atomic E-state index is 12.7. The lowest BCUT2D eigenvalue weighted by atomic mass is 10.1. The lowest BCUT2D eigenvalue weighted by Gasteiger charge is -2.34. The zero-order valence-corrected chi connectivity index (χ0v) is 15.4. The van der Waals surface area contributed by atoms with E-state index in [4.69, 9.17) is 4.74 Å². The highest BCUT2D eigenvalue weighted by molar-refractivity contribution is 5.96. The molecule has 0 atom stereocenters. The molecule has 2 amide bonds. The second-order valence-electron chi connectivity index (χ2n) is 6.52. The van der Waals surface area contributed by atoms with E-state index in [1.807, 2.05) is 42.2 Å². The number of amides is 2. The Bertz CT molecular complexity index is 759. The van der Waals surface area contributed by atoms with Crippen LogP contribution in [0.5, 0.6) is 5.75 Å². The van der Waals surface area contributed by atoms with E-state index in [-0.39, 0.29) is 11.8 Å². The number of piperazine rings is 1. The number of hydrogen-bond donors (Lipinski definition) is 0. The summed E-state index contributed by atoms with van der Waals surface area (Å²) in [5.74, 6) is 0.802. The molecule has 1 aliphatic rings. The highest BCUT2D eigenvalue weighted by Crippen LogP contribution is 2.16. The zero-order valence-electron chi connectivity index (χ0n) is 15.4. The van der Waals surface area contributed by atoms with Crippen LogP contribution in [0, 0.1) is 0 Å². The molecule has 0 bridgehead atoms. The second-order valence-corrected chi connectivity index (χ2v) is 6.52. The summed E-state index contributed by atoms with van der Waals surface area (Å²) in [7, 11) is 1.89. The number of carbonyl (C=O) groups is 2. The third-order valence-electron chi connectivity index (χ3n) is 4.51. The van der Waals surface area contributed by atoms with Crippen molar-refractivity contribution >= 4 is 11.8 Å². The molecule has 6 heteroatoms. The zero-order chi connectivity index (χ0) is 18.5. The maximum atomic E-state index is 12.7. The van der Waals surface area contributed by atoms with Crippen LogP contribution in [-0.4, -0.2) is 59.0 Å². The number of rotatable bonds is 5. The van der Waals surface area contributed by atoms with E-state index in [2.05, 4.69) is 6.92 Å². The molecule has 1 fully saturated rings. The van der Waals surface area contributed by atoms with Gasteiger partial charge in [-0.15, -0.1) is 0 Å². The predicted octanol–water partition coefficient (Wildman–Crippen LogP) is 2.41. The van der Waals surface area contributed by atoms with Crippen molar-refractivity contribution in [2.75, 3.05) is 32.8 Å². The van der Waals surface area contributed by atoms with E-state index in [9.17, 15) is 9.59 Å². The van der Waals surface area contributed by atoms with Crippen LogP contribution >= 0.6 is 0 Å². The highest BCUT2D eigenvalue weighted by Gasteiger charge is 2.25. The summed E-state index contributed by atoms with van der Waals surface area (Å²) in [5.41, 5.74) is 1.34. The van der Waals surface area contributed by atoms with Crippen molar-refractivity contribution in [3.63, 3.8) is 0 Å². The second kappa shape index (κ2) is 8.08. The van der Waals surface area contributed by atoms with Crippen molar-refractivity contribution < 1.29 is 14.3 Å². The Morgan fingerprint density at radius 1 is 0.923 bits per heavy atom. The van der Waals surface area contributed by atoms with Gasteiger partial charge in [0, 0.05) is 51.2 Å². The van der Waals surface area contributed by atoms with E-state index in [1.54, 1.807) is 21.9 Å². The van der Waals surface area contributed by atoms with Crippen molar-refractivity contribution in [1.29, 1.82) is 0 Å². The van der Waals surface area contributed by atoms with Gasteiger partial charge < -0.3 is 19.1 Å². The Morgan fingerprint density at radius 2 is 1.50 bits per heavy atom. The van der Waals surface area contributed by atoms with Gasteiger partial charge in [0.1, 0.15) is 5.75 Å². The van der Waals surface area contributed by atoms with Crippen LogP contribution in [0.1, 0.15) is 34.1 Å².